The fourth-order valence-corrected chi connectivity index (χ4v) is 2.92. The molecule has 0 bridgehead atoms. The first-order valence-electron chi connectivity index (χ1n) is 8.05. The van der Waals surface area contributed by atoms with Crippen LogP contribution in [0.2, 0.25) is 0 Å². The summed E-state index contributed by atoms with van der Waals surface area (Å²) in [7, 11) is 0. The van der Waals surface area contributed by atoms with Crippen molar-refractivity contribution in [1.29, 1.82) is 0 Å². The van der Waals surface area contributed by atoms with Gasteiger partial charge in [-0.15, -0.1) is 11.8 Å². The van der Waals surface area contributed by atoms with Crippen LogP contribution in [0, 0.1) is 0 Å². The summed E-state index contributed by atoms with van der Waals surface area (Å²) in [6, 6.07) is 12.4. The predicted octanol–water partition coefficient (Wildman–Crippen LogP) is 3.62. The zero-order chi connectivity index (χ0) is 18.2. The van der Waals surface area contributed by atoms with Crippen LogP contribution in [0.4, 0.5) is 0 Å². The normalized spacial score (nSPS) is 11.8. The first-order chi connectivity index (χ1) is 12.0. The molecule has 6 heteroatoms. The average molecular weight is 358 g/mol. The number of nitrogens with one attached hydrogen (secondary N) is 1. The number of pyridine rings is 1. The third-order valence-electron chi connectivity index (χ3n) is 3.45. The summed E-state index contributed by atoms with van der Waals surface area (Å²) in [5.41, 5.74) is 1.35. The quantitative estimate of drug-likeness (QED) is 0.605. The molecule has 1 amide bonds. The van der Waals surface area contributed by atoms with Gasteiger partial charge in [-0.1, -0.05) is 30.3 Å². The molecule has 1 atom stereocenters. The first kappa shape index (κ1) is 19.0. The number of benzene rings is 1. The van der Waals surface area contributed by atoms with E-state index in [9.17, 15) is 9.59 Å². The Labute approximate surface area is 152 Å². The fraction of sp³-hybridized carbons (Fsp3) is 0.316. The van der Waals surface area contributed by atoms with Gasteiger partial charge < -0.3 is 10.1 Å². The van der Waals surface area contributed by atoms with Gasteiger partial charge >= 0.3 is 5.97 Å². The van der Waals surface area contributed by atoms with Gasteiger partial charge in [0.1, 0.15) is 5.03 Å². The summed E-state index contributed by atoms with van der Waals surface area (Å²) in [5.74, 6) is -0.607. The van der Waals surface area contributed by atoms with E-state index in [1.54, 1.807) is 32.2 Å². The standard InChI is InChI=1S/C19H22N2O3S/c1-13(2)24-17(22)12-16(14-8-5-4-6-9-14)21-18(23)15-10-7-11-20-19(15)25-3/h4-11,13,16H,12H2,1-3H3,(H,21,23)/t16-/m1/s1. The van der Waals surface area contributed by atoms with Crippen molar-refractivity contribution in [1.82, 2.24) is 10.3 Å². The van der Waals surface area contributed by atoms with Crippen LogP contribution in [0.15, 0.2) is 53.7 Å². The van der Waals surface area contributed by atoms with Crippen molar-refractivity contribution in [2.24, 2.45) is 0 Å². The lowest BCUT2D eigenvalue weighted by Crippen LogP contribution is -2.31. The second-order valence-electron chi connectivity index (χ2n) is 5.74. The average Bonchev–Trinajstić information content (AvgIpc) is 2.61. The number of rotatable bonds is 7. The highest BCUT2D eigenvalue weighted by Gasteiger charge is 2.22. The van der Waals surface area contributed by atoms with Crippen LogP contribution >= 0.6 is 11.8 Å². The lowest BCUT2D eigenvalue weighted by atomic mass is 10.0. The van der Waals surface area contributed by atoms with Crippen molar-refractivity contribution in [3.8, 4) is 0 Å². The second kappa shape index (κ2) is 9.22. The molecule has 0 saturated heterocycles. The Morgan fingerprint density at radius 3 is 2.52 bits per heavy atom. The predicted molar refractivity (Wildman–Crippen MR) is 98.5 cm³/mol. The minimum absolute atomic E-state index is 0.0722. The van der Waals surface area contributed by atoms with E-state index in [-0.39, 0.29) is 24.4 Å². The van der Waals surface area contributed by atoms with E-state index in [4.69, 9.17) is 4.74 Å². The molecule has 0 fully saturated rings. The van der Waals surface area contributed by atoms with Crippen molar-refractivity contribution in [3.63, 3.8) is 0 Å². The van der Waals surface area contributed by atoms with E-state index in [0.29, 0.717) is 10.6 Å². The van der Waals surface area contributed by atoms with Gasteiger partial charge in [-0.3, -0.25) is 9.59 Å². The molecule has 0 aliphatic carbocycles. The van der Waals surface area contributed by atoms with Gasteiger partial charge in [0.15, 0.2) is 0 Å². The van der Waals surface area contributed by atoms with Crippen LogP contribution in [-0.2, 0) is 9.53 Å². The van der Waals surface area contributed by atoms with Crippen molar-refractivity contribution in [3.05, 3.63) is 59.8 Å². The van der Waals surface area contributed by atoms with Crippen LogP contribution in [0.25, 0.3) is 0 Å². The van der Waals surface area contributed by atoms with Crippen LogP contribution in [0.3, 0.4) is 0 Å². The largest absolute Gasteiger partial charge is 0.463 e. The summed E-state index contributed by atoms with van der Waals surface area (Å²) in [6.45, 7) is 3.60. The van der Waals surface area contributed by atoms with Crippen molar-refractivity contribution >= 4 is 23.6 Å². The third-order valence-corrected chi connectivity index (χ3v) is 4.17. The smallest absolute Gasteiger partial charge is 0.308 e. The molecule has 0 unspecified atom stereocenters. The van der Waals surface area contributed by atoms with E-state index in [0.717, 1.165) is 5.56 Å². The molecule has 25 heavy (non-hydrogen) atoms. The van der Waals surface area contributed by atoms with E-state index >= 15 is 0 Å². The van der Waals surface area contributed by atoms with Gasteiger partial charge in [-0.25, -0.2) is 4.98 Å². The molecule has 1 heterocycles. The fourth-order valence-electron chi connectivity index (χ4n) is 2.38. The number of carbonyl (C=O) groups is 2. The van der Waals surface area contributed by atoms with Gasteiger partial charge in [-0.2, -0.15) is 0 Å². The Morgan fingerprint density at radius 2 is 1.88 bits per heavy atom. The SMILES string of the molecule is CSc1ncccc1C(=O)N[C@H](CC(=O)OC(C)C)c1ccccc1. The molecular formula is C19H22N2O3S. The van der Waals surface area contributed by atoms with Crippen LogP contribution in [0.5, 0.6) is 0 Å². The maximum atomic E-state index is 12.7. The molecule has 0 aliphatic heterocycles. The Bertz CT molecular complexity index is 720. The van der Waals surface area contributed by atoms with Gasteiger partial charge in [-0.05, 0) is 37.8 Å². The Kier molecular flexibility index (Phi) is 7.01. The summed E-state index contributed by atoms with van der Waals surface area (Å²) < 4.78 is 5.23. The number of thioether (sulfide) groups is 1. The molecule has 1 aromatic carbocycles. The molecule has 0 spiro atoms. The lowest BCUT2D eigenvalue weighted by Gasteiger charge is -2.20. The summed E-state index contributed by atoms with van der Waals surface area (Å²) in [4.78, 5) is 29.0. The van der Waals surface area contributed by atoms with Gasteiger partial charge in [0.2, 0.25) is 0 Å². The van der Waals surface area contributed by atoms with Gasteiger partial charge in [0, 0.05) is 6.20 Å². The van der Waals surface area contributed by atoms with Crippen LogP contribution in [0.1, 0.15) is 42.2 Å². The number of carbonyl (C=O) groups excluding carboxylic acids is 2. The van der Waals surface area contributed by atoms with E-state index < -0.39 is 6.04 Å². The third kappa shape index (κ3) is 5.60. The van der Waals surface area contributed by atoms with E-state index in [1.807, 2.05) is 36.6 Å². The summed E-state index contributed by atoms with van der Waals surface area (Å²) >= 11 is 1.41. The molecule has 2 aromatic rings. The molecule has 132 valence electrons. The zero-order valence-electron chi connectivity index (χ0n) is 14.6. The minimum atomic E-state index is -0.463. The number of hydrogen-bond acceptors (Lipinski definition) is 5. The van der Waals surface area contributed by atoms with Crippen molar-refractivity contribution < 1.29 is 14.3 Å². The number of ether oxygens (including phenoxy) is 1. The molecular weight excluding hydrogens is 336 g/mol. The molecule has 0 radical (unpaired) electrons. The molecule has 5 nitrogen and oxygen atoms in total. The minimum Gasteiger partial charge on any atom is -0.463 e. The Hall–Kier alpha value is -2.34. The Morgan fingerprint density at radius 1 is 1.16 bits per heavy atom. The van der Waals surface area contributed by atoms with Crippen molar-refractivity contribution in [2.75, 3.05) is 6.26 Å². The summed E-state index contributed by atoms with van der Waals surface area (Å²) in [5, 5.41) is 3.58. The Balaban J connectivity index is 2.21. The number of hydrogen-bond donors (Lipinski definition) is 1. The molecule has 1 N–H and O–H groups in total. The van der Waals surface area contributed by atoms with Crippen molar-refractivity contribution in [2.45, 2.75) is 37.4 Å². The zero-order valence-corrected chi connectivity index (χ0v) is 15.4. The summed E-state index contributed by atoms with van der Waals surface area (Å²) in [6.07, 6.45) is 3.40. The number of esters is 1. The van der Waals surface area contributed by atoms with Gasteiger partial charge in [0.05, 0.1) is 24.1 Å². The lowest BCUT2D eigenvalue weighted by molar-refractivity contribution is -0.147. The first-order valence-corrected chi connectivity index (χ1v) is 9.28. The number of amides is 1. The maximum absolute atomic E-state index is 12.7. The molecule has 0 aliphatic rings. The number of nitrogens with zero attached hydrogens (tertiary/aromatic N) is 1. The molecule has 2 rings (SSSR count). The van der Waals surface area contributed by atoms with Gasteiger partial charge in [0.25, 0.3) is 5.91 Å². The number of aromatic nitrogens is 1. The maximum Gasteiger partial charge on any atom is 0.308 e. The second-order valence-corrected chi connectivity index (χ2v) is 6.53. The van der Waals surface area contributed by atoms with E-state index in [2.05, 4.69) is 10.3 Å². The molecule has 0 saturated carbocycles. The monoisotopic (exact) mass is 358 g/mol. The molecule has 1 aromatic heterocycles. The van der Waals surface area contributed by atoms with Crippen LogP contribution < -0.4 is 5.32 Å². The highest BCUT2D eigenvalue weighted by atomic mass is 32.2. The van der Waals surface area contributed by atoms with E-state index in [1.165, 1.54) is 11.8 Å². The van der Waals surface area contributed by atoms with Crippen LogP contribution in [-0.4, -0.2) is 29.2 Å². The highest BCUT2D eigenvalue weighted by Crippen LogP contribution is 2.21. The topological polar surface area (TPSA) is 68.3 Å². The highest BCUT2D eigenvalue weighted by molar-refractivity contribution is 7.98.